The van der Waals surface area contributed by atoms with Gasteiger partial charge in [0.15, 0.2) is 0 Å². The van der Waals surface area contributed by atoms with E-state index >= 15 is 8.78 Å². The topological polar surface area (TPSA) is 63.6 Å². The molecule has 0 saturated carbocycles. The van der Waals surface area contributed by atoms with Gasteiger partial charge in [-0.15, -0.1) is 0 Å². The van der Waals surface area contributed by atoms with Crippen molar-refractivity contribution in [2.24, 2.45) is 5.41 Å². The summed E-state index contributed by atoms with van der Waals surface area (Å²) in [7, 11) is -5.45. The van der Waals surface area contributed by atoms with Gasteiger partial charge >= 0.3 is 54.3 Å². The zero-order chi connectivity index (χ0) is 37.3. The average molecular weight is 777 g/mol. The molecule has 269 valence electrons. The van der Waals surface area contributed by atoms with Crippen LogP contribution in [0.15, 0.2) is 40.7 Å². The fourth-order valence-corrected chi connectivity index (χ4v) is 3.96. The molecule has 0 aliphatic heterocycles. The maximum Gasteiger partial charge on any atom is 0.457 e. The molecule has 1 rings (SSSR count). The standard InChI is InChI=1S/C18H5F23O4S.Na/c19-8(45-5-1-3-6(4-2-5)46(42,43)44)7(10(20,15(30,31)32)13(25,26)18(39,40)41)9(14(27,28)29,11(21,22)16(33,34)35)12(23,24)17(36,37)38;/h1-4H,(H,42,43,44);. The van der Waals surface area contributed by atoms with Gasteiger partial charge < -0.3 is 4.74 Å². The van der Waals surface area contributed by atoms with E-state index in [9.17, 15) is 101 Å². The fraction of sp³-hybridized carbons (Fsp3) is 0.556. The average Bonchev–Trinajstić information content (AvgIpc) is 2.77. The number of halogens is 23. The monoisotopic (exact) mass is 777 g/mol. The summed E-state index contributed by atoms with van der Waals surface area (Å²) >= 11 is 0. The second-order valence-corrected chi connectivity index (χ2v) is 9.74. The molecule has 1 aromatic carbocycles. The predicted molar refractivity (Wildman–Crippen MR) is 102 cm³/mol. The van der Waals surface area contributed by atoms with Crippen LogP contribution in [0.2, 0.25) is 0 Å². The maximum atomic E-state index is 15.3. The number of rotatable bonds is 8. The van der Waals surface area contributed by atoms with Crippen molar-refractivity contribution in [2.75, 3.05) is 0 Å². The summed E-state index contributed by atoms with van der Waals surface area (Å²) in [5, 5.41) is 0. The van der Waals surface area contributed by atoms with Gasteiger partial charge in [-0.2, -0.15) is 105 Å². The molecule has 0 spiro atoms. The normalized spacial score (nSPS) is 17.0. The molecule has 1 atom stereocenters. The SMILES string of the molecule is O=S(=O)(O)c1ccc(OC(F)=C(C(F)(C(F)(F)F)C(F)(F)C(F)(F)F)C(C(F)(F)F)(C(F)(F)C(F)(F)F)C(F)(F)C(F)(F)F)cc1.[Na]. The van der Waals surface area contributed by atoms with Crippen LogP contribution in [0.25, 0.3) is 0 Å². The summed E-state index contributed by atoms with van der Waals surface area (Å²) in [4.78, 5) is -1.51. The molecule has 0 fully saturated rings. The first-order chi connectivity index (χ1) is 19.7. The van der Waals surface area contributed by atoms with Crippen molar-refractivity contribution in [1.29, 1.82) is 0 Å². The predicted octanol–water partition coefficient (Wildman–Crippen LogP) is 8.52. The van der Waals surface area contributed by atoms with Crippen molar-refractivity contribution in [3.63, 3.8) is 0 Å². The minimum absolute atomic E-state index is 0. The number of hydrogen-bond acceptors (Lipinski definition) is 3. The first-order valence-corrected chi connectivity index (χ1v) is 11.5. The van der Waals surface area contributed by atoms with Crippen molar-refractivity contribution < 1.29 is 119 Å². The van der Waals surface area contributed by atoms with Gasteiger partial charge in [-0.1, -0.05) is 0 Å². The second-order valence-electron chi connectivity index (χ2n) is 8.32. The molecule has 0 saturated heterocycles. The Morgan fingerprint density at radius 2 is 0.851 bits per heavy atom. The van der Waals surface area contributed by atoms with Gasteiger partial charge in [-0.25, -0.2) is 4.39 Å². The van der Waals surface area contributed by atoms with E-state index < -0.39 is 104 Å². The Labute approximate surface area is 264 Å². The van der Waals surface area contributed by atoms with Crippen LogP contribution in [0, 0.1) is 5.41 Å². The molecule has 0 amide bonds. The van der Waals surface area contributed by atoms with Crippen LogP contribution in [0.5, 0.6) is 5.75 Å². The third kappa shape index (κ3) is 6.93. The Bertz CT molecular complexity index is 1390. The van der Waals surface area contributed by atoms with E-state index in [-0.39, 0.29) is 41.7 Å². The van der Waals surface area contributed by atoms with Gasteiger partial charge in [0.1, 0.15) is 5.75 Å². The van der Waals surface area contributed by atoms with Crippen LogP contribution >= 0.6 is 0 Å². The van der Waals surface area contributed by atoms with E-state index in [0.717, 1.165) is 0 Å². The zero-order valence-electron chi connectivity index (χ0n) is 21.1. The molecule has 47 heavy (non-hydrogen) atoms. The van der Waals surface area contributed by atoms with E-state index in [1.54, 1.807) is 0 Å². The molecule has 0 aliphatic rings. The third-order valence-electron chi connectivity index (χ3n) is 5.50. The van der Waals surface area contributed by atoms with Crippen LogP contribution in [0.3, 0.4) is 0 Å². The van der Waals surface area contributed by atoms with Crippen molar-refractivity contribution in [3.8, 4) is 5.75 Å². The Morgan fingerprint density at radius 3 is 1.09 bits per heavy atom. The minimum Gasteiger partial charge on any atom is -0.432 e. The molecule has 0 bridgehead atoms. The van der Waals surface area contributed by atoms with E-state index in [1.165, 1.54) is 0 Å². The third-order valence-corrected chi connectivity index (χ3v) is 6.37. The van der Waals surface area contributed by atoms with Gasteiger partial charge in [0.05, 0.1) is 10.5 Å². The second kappa shape index (κ2) is 12.4. The maximum absolute atomic E-state index is 15.3. The van der Waals surface area contributed by atoms with Gasteiger partial charge in [0.2, 0.25) is 5.41 Å². The zero-order valence-corrected chi connectivity index (χ0v) is 23.9. The summed E-state index contributed by atoms with van der Waals surface area (Å²) in [5.74, 6) is -30.6. The van der Waals surface area contributed by atoms with Crippen LogP contribution in [-0.2, 0) is 10.1 Å². The summed E-state index contributed by atoms with van der Waals surface area (Å²) in [6.45, 7) is 0. The molecule has 1 aromatic rings. The number of hydrogen-bond donors (Lipinski definition) is 1. The molecule has 1 unspecified atom stereocenters. The number of allylic oxidation sites excluding steroid dienone is 1. The Balaban J connectivity index is 0.0000212. The van der Waals surface area contributed by atoms with Gasteiger partial charge in [0, 0.05) is 29.6 Å². The molecule has 4 nitrogen and oxygen atoms in total. The largest absolute Gasteiger partial charge is 0.457 e. The number of alkyl halides is 22. The Morgan fingerprint density at radius 1 is 0.532 bits per heavy atom. The summed E-state index contributed by atoms with van der Waals surface area (Å²) < 4.78 is 351. The fourth-order valence-electron chi connectivity index (χ4n) is 3.48. The van der Waals surface area contributed by atoms with E-state index in [1.807, 2.05) is 0 Å². The first kappa shape index (κ1) is 45.1. The van der Waals surface area contributed by atoms with Gasteiger partial charge in [0.25, 0.3) is 16.1 Å². The Kier molecular flexibility index (Phi) is 11.9. The van der Waals surface area contributed by atoms with E-state index in [0.29, 0.717) is 0 Å². The first-order valence-electron chi connectivity index (χ1n) is 10.0. The smallest absolute Gasteiger partial charge is 0.432 e. The Hall–Kier alpha value is -1.94. The van der Waals surface area contributed by atoms with Crippen LogP contribution in [-0.4, -0.2) is 96.8 Å². The number of benzene rings is 1. The molecule has 1 N–H and O–H groups in total. The van der Waals surface area contributed by atoms with Crippen molar-refractivity contribution in [3.05, 3.63) is 35.9 Å². The van der Waals surface area contributed by atoms with Crippen LogP contribution < -0.4 is 4.74 Å². The molecule has 29 heteroatoms. The quantitative estimate of drug-likeness (QED) is 0.125. The molecule has 0 aliphatic carbocycles. The van der Waals surface area contributed by atoms with Gasteiger partial charge in [-0.05, 0) is 24.3 Å². The molecule has 0 aromatic heterocycles. The van der Waals surface area contributed by atoms with E-state index in [2.05, 4.69) is 4.74 Å². The van der Waals surface area contributed by atoms with Crippen molar-refractivity contribution in [1.82, 2.24) is 0 Å². The molecular formula is C18H5F23NaO4S. The summed E-state index contributed by atoms with van der Waals surface area (Å²) in [6.07, 6.45) is -44.7. The molecule has 1 radical (unpaired) electrons. The van der Waals surface area contributed by atoms with Gasteiger partial charge in [-0.3, -0.25) is 4.55 Å². The van der Waals surface area contributed by atoms with E-state index in [4.69, 9.17) is 4.55 Å². The summed E-state index contributed by atoms with van der Waals surface area (Å²) in [6, 6.07) is -6.97. The van der Waals surface area contributed by atoms with Crippen LogP contribution in [0.1, 0.15) is 0 Å². The van der Waals surface area contributed by atoms with Crippen molar-refractivity contribution >= 4 is 39.7 Å². The molecule has 0 heterocycles. The number of ether oxygens (including phenoxy) is 1. The molecular weight excluding hydrogens is 772 g/mol. The minimum atomic E-state index is -9.83. The van der Waals surface area contributed by atoms with Crippen LogP contribution in [0.4, 0.5) is 101 Å². The summed E-state index contributed by atoms with van der Waals surface area (Å²) in [5.41, 5.74) is -25.9. The van der Waals surface area contributed by atoms with Crippen molar-refractivity contribution in [2.45, 2.75) is 59.2 Å².